The van der Waals surface area contributed by atoms with Gasteiger partial charge in [0.2, 0.25) is 11.8 Å². The second kappa shape index (κ2) is 4.76. The van der Waals surface area contributed by atoms with E-state index in [9.17, 15) is 4.79 Å². The monoisotopic (exact) mass is 197 g/mol. The fourth-order valence-electron chi connectivity index (χ4n) is 1.11. The third-order valence-electron chi connectivity index (χ3n) is 2.02. The third-order valence-corrected chi connectivity index (χ3v) is 2.02. The summed E-state index contributed by atoms with van der Waals surface area (Å²) in [5, 5.41) is 6.28. The summed E-state index contributed by atoms with van der Waals surface area (Å²) < 4.78 is 4.85. The van der Waals surface area contributed by atoms with E-state index in [4.69, 9.17) is 10.3 Å². The molecule has 0 radical (unpaired) electrons. The van der Waals surface area contributed by atoms with Gasteiger partial charge in [0.1, 0.15) is 0 Å². The van der Waals surface area contributed by atoms with Crippen LogP contribution >= 0.6 is 0 Å². The van der Waals surface area contributed by atoms with Crippen molar-refractivity contribution in [2.45, 2.75) is 20.3 Å². The minimum absolute atomic E-state index is 0.119. The molecule has 1 rings (SSSR count). The Bertz CT molecular complexity index is 305. The van der Waals surface area contributed by atoms with E-state index >= 15 is 0 Å². The zero-order valence-electron chi connectivity index (χ0n) is 8.41. The quantitative estimate of drug-likeness (QED) is 0.751. The van der Waals surface area contributed by atoms with Gasteiger partial charge in [-0.2, -0.15) is 0 Å². The first-order valence-corrected chi connectivity index (χ1v) is 4.61. The molecule has 0 aliphatic heterocycles. The average molecular weight is 197 g/mol. The van der Waals surface area contributed by atoms with Crippen LogP contribution in [0.2, 0.25) is 0 Å². The second-order valence-electron chi connectivity index (χ2n) is 3.16. The lowest BCUT2D eigenvalue weighted by molar-refractivity contribution is -0.119. The number of carbonyl (C=O) groups is 1. The molecule has 0 fully saturated rings. The van der Waals surface area contributed by atoms with E-state index in [2.05, 4.69) is 10.5 Å². The molecule has 1 amide bonds. The molecule has 0 saturated heterocycles. The van der Waals surface area contributed by atoms with Gasteiger partial charge in [0.25, 0.3) is 0 Å². The Hall–Kier alpha value is -1.36. The maximum absolute atomic E-state index is 11.5. The van der Waals surface area contributed by atoms with E-state index < -0.39 is 0 Å². The van der Waals surface area contributed by atoms with Crippen LogP contribution in [0.4, 0.5) is 5.88 Å². The number of nitrogens with zero attached hydrogens (tertiary/aromatic N) is 1. The molecule has 3 N–H and O–H groups in total. The number of carbonyl (C=O) groups excluding carboxylic acids is 1. The first-order chi connectivity index (χ1) is 6.67. The number of aryl methyl sites for hydroxylation is 1. The topological polar surface area (TPSA) is 81.2 Å². The standard InChI is InChI=1S/C9H15N3O2/c1-3-7(5-10)9(13)11-8-4-6(2)12-14-8/h4,7H,3,5,10H2,1-2H3,(H,11,13). The summed E-state index contributed by atoms with van der Waals surface area (Å²) in [6, 6.07) is 1.67. The molecule has 14 heavy (non-hydrogen) atoms. The van der Waals surface area contributed by atoms with Gasteiger partial charge < -0.3 is 10.3 Å². The predicted octanol–water partition coefficient (Wildman–Crippen LogP) is 0.906. The Kier molecular flexibility index (Phi) is 3.64. The Labute approximate surface area is 82.6 Å². The zero-order chi connectivity index (χ0) is 10.6. The van der Waals surface area contributed by atoms with Gasteiger partial charge in [-0.05, 0) is 13.3 Å². The van der Waals surface area contributed by atoms with E-state index in [-0.39, 0.29) is 11.8 Å². The average Bonchev–Trinajstić information content (AvgIpc) is 2.53. The highest BCUT2D eigenvalue weighted by Gasteiger charge is 2.15. The molecule has 1 heterocycles. The van der Waals surface area contributed by atoms with Gasteiger partial charge in [-0.1, -0.05) is 12.1 Å². The molecular formula is C9H15N3O2. The highest BCUT2D eigenvalue weighted by molar-refractivity contribution is 5.91. The Balaban J connectivity index is 2.56. The van der Waals surface area contributed by atoms with Gasteiger partial charge in [0, 0.05) is 12.6 Å². The van der Waals surface area contributed by atoms with Crippen LogP contribution in [0.5, 0.6) is 0 Å². The molecular weight excluding hydrogens is 182 g/mol. The highest BCUT2D eigenvalue weighted by atomic mass is 16.5. The smallest absolute Gasteiger partial charge is 0.231 e. The van der Waals surface area contributed by atoms with Crippen LogP contribution in [-0.2, 0) is 4.79 Å². The van der Waals surface area contributed by atoms with Crippen LogP contribution in [0.1, 0.15) is 19.0 Å². The minimum atomic E-state index is -0.166. The van der Waals surface area contributed by atoms with Gasteiger partial charge in [0.05, 0.1) is 11.6 Å². The molecule has 5 heteroatoms. The fourth-order valence-corrected chi connectivity index (χ4v) is 1.11. The first kappa shape index (κ1) is 10.7. The molecule has 1 atom stereocenters. The molecule has 0 bridgehead atoms. The van der Waals surface area contributed by atoms with Gasteiger partial charge in [-0.15, -0.1) is 0 Å². The third kappa shape index (κ3) is 2.56. The predicted molar refractivity (Wildman–Crippen MR) is 52.7 cm³/mol. The minimum Gasteiger partial charge on any atom is -0.338 e. The zero-order valence-corrected chi connectivity index (χ0v) is 8.41. The lowest BCUT2D eigenvalue weighted by Crippen LogP contribution is -2.28. The maximum atomic E-state index is 11.5. The molecule has 0 spiro atoms. The van der Waals surface area contributed by atoms with E-state index in [1.54, 1.807) is 13.0 Å². The van der Waals surface area contributed by atoms with E-state index in [1.165, 1.54) is 0 Å². The number of nitrogens with two attached hydrogens (primary N) is 1. The van der Waals surface area contributed by atoms with Crippen molar-refractivity contribution in [3.05, 3.63) is 11.8 Å². The Morgan fingerprint density at radius 2 is 2.50 bits per heavy atom. The summed E-state index contributed by atoms with van der Waals surface area (Å²) >= 11 is 0. The van der Waals surface area contributed by atoms with Crippen molar-refractivity contribution in [3.63, 3.8) is 0 Å². The summed E-state index contributed by atoms with van der Waals surface area (Å²) in [7, 11) is 0. The summed E-state index contributed by atoms with van der Waals surface area (Å²) in [4.78, 5) is 11.5. The molecule has 1 aromatic rings. The number of rotatable bonds is 4. The van der Waals surface area contributed by atoms with E-state index in [0.717, 1.165) is 12.1 Å². The van der Waals surface area contributed by atoms with Crippen molar-refractivity contribution in [1.82, 2.24) is 5.16 Å². The first-order valence-electron chi connectivity index (χ1n) is 4.61. The lowest BCUT2D eigenvalue weighted by Gasteiger charge is -2.09. The van der Waals surface area contributed by atoms with Crippen molar-refractivity contribution in [2.24, 2.45) is 11.7 Å². The second-order valence-corrected chi connectivity index (χ2v) is 3.16. The van der Waals surface area contributed by atoms with E-state index in [1.807, 2.05) is 6.92 Å². The SMILES string of the molecule is CCC(CN)C(=O)Nc1cc(C)no1. The van der Waals surface area contributed by atoms with Crippen molar-refractivity contribution in [3.8, 4) is 0 Å². The van der Waals surface area contributed by atoms with Gasteiger partial charge in [0.15, 0.2) is 0 Å². The largest absolute Gasteiger partial charge is 0.338 e. The summed E-state index contributed by atoms with van der Waals surface area (Å²) in [5.41, 5.74) is 6.17. The molecule has 1 aromatic heterocycles. The number of amides is 1. The van der Waals surface area contributed by atoms with Crippen molar-refractivity contribution in [2.75, 3.05) is 11.9 Å². The summed E-state index contributed by atoms with van der Waals surface area (Å²) in [5.74, 6) is 0.0888. The van der Waals surface area contributed by atoms with E-state index in [0.29, 0.717) is 12.4 Å². The number of anilines is 1. The van der Waals surface area contributed by atoms with Crippen LogP contribution in [0.3, 0.4) is 0 Å². The molecule has 0 aliphatic rings. The molecule has 0 aliphatic carbocycles. The molecule has 1 unspecified atom stereocenters. The van der Waals surface area contributed by atoms with Crippen LogP contribution in [-0.4, -0.2) is 17.6 Å². The van der Waals surface area contributed by atoms with Gasteiger partial charge in [-0.3, -0.25) is 10.1 Å². The number of hydrogen-bond acceptors (Lipinski definition) is 4. The fraction of sp³-hybridized carbons (Fsp3) is 0.556. The van der Waals surface area contributed by atoms with Crippen LogP contribution in [0, 0.1) is 12.8 Å². The molecule has 0 saturated carbocycles. The Morgan fingerprint density at radius 3 is 2.93 bits per heavy atom. The maximum Gasteiger partial charge on any atom is 0.231 e. The van der Waals surface area contributed by atoms with Crippen molar-refractivity contribution >= 4 is 11.8 Å². The van der Waals surface area contributed by atoms with Crippen LogP contribution < -0.4 is 11.1 Å². The molecule has 0 aromatic carbocycles. The summed E-state index contributed by atoms with van der Waals surface area (Å²) in [6.07, 6.45) is 0.718. The number of nitrogens with one attached hydrogen (secondary N) is 1. The molecule has 78 valence electrons. The molecule has 5 nitrogen and oxygen atoms in total. The van der Waals surface area contributed by atoms with Crippen molar-refractivity contribution in [1.29, 1.82) is 0 Å². The van der Waals surface area contributed by atoms with Gasteiger partial charge in [-0.25, -0.2) is 0 Å². The number of aromatic nitrogens is 1. The highest BCUT2D eigenvalue weighted by Crippen LogP contribution is 2.11. The van der Waals surface area contributed by atoms with Crippen LogP contribution in [0.15, 0.2) is 10.6 Å². The van der Waals surface area contributed by atoms with Crippen molar-refractivity contribution < 1.29 is 9.32 Å². The summed E-state index contributed by atoms with van der Waals surface area (Å²) in [6.45, 7) is 4.05. The normalized spacial score (nSPS) is 12.5. The lowest BCUT2D eigenvalue weighted by atomic mass is 10.1. The van der Waals surface area contributed by atoms with Gasteiger partial charge >= 0.3 is 0 Å². The van der Waals surface area contributed by atoms with Crippen LogP contribution in [0.25, 0.3) is 0 Å². The number of hydrogen-bond donors (Lipinski definition) is 2. The Morgan fingerprint density at radius 1 is 1.79 bits per heavy atom.